The maximum atomic E-state index is 11.4. The number of hydrogen-bond donors (Lipinski definition) is 1. The molecule has 0 saturated carbocycles. The summed E-state index contributed by atoms with van der Waals surface area (Å²) in [6, 6.07) is 3.75. The molecule has 0 atom stereocenters. The quantitative estimate of drug-likeness (QED) is 0.813. The number of hydrogen-bond acceptors (Lipinski definition) is 1. The largest absolute Gasteiger partial charge is 0.478 e. The highest BCUT2D eigenvalue weighted by Crippen LogP contribution is 2.36. The monoisotopic (exact) mass is 312 g/mol. The van der Waals surface area contributed by atoms with Crippen LogP contribution < -0.4 is 0 Å². The minimum absolute atomic E-state index is 0.0839. The molecule has 2 nitrogen and oxygen atoms in total. The second-order valence-corrected chi connectivity index (χ2v) is 7.54. The fraction of sp³-hybridized carbons (Fsp3) is 0.533. The van der Waals surface area contributed by atoms with E-state index in [0.29, 0.717) is 5.56 Å². The van der Waals surface area contributed by atoms with Crippen molar-refractivity contribution in [1.82, 2.24) is 0 Å². The summed E-state index contributed by atoms with van der Waals surface area (Å²) in [4.78, 5) is 11.4. The number of benzene rings is 1. The predicted octanol–water partition coefficient (Wildman–Crippen LogP) is 4.74. The number of aromatic carboxylic acids is 1. The summed E-state index contributed by atoms with van der Waals surface area (Å²) in [6.07, 6.45) is 0. The Balaban J connectivity index is 3.60. The molecule has 0 aliphatic heterocycles. The Morgan fingerprint density at radius 1 is 1.00 bits per heavy atom. The van der Waals surface area contributed by atoms with Gasteiger partial charge in [0.2, 0.25) is 0 Å². The number of carboxylic acid groups (broad SMARTS) is 1. The zero-order chi connectivity index (χ0) is 14.3. The van der Waals surface area contributed by atoms with Gasteiger partial charge in [-0.25, -0.2) is 4.79 Å². The highest BCUT2D eigenvalue weighted by molar-refractivity contribution is 9.10. The van der Waals surface area contributed by atoms with Gasteiger partial charge < -0.3 is 5.11 Å². The Kier molecular flexibility index (Phi) is 3.97. The summed E-state index contributed by atoms with van der Waals surface area (Å²) in [6.45, 7) is 12.3. The van der Waals surface area contributed by atoms with Gasteiger partial charge in [0.15, 0.2) is 0 Å². The molecule has 1 N–H and O–H groups in total. The van der Waals surface area contributed by atoms with E-state index in [1.54, 1.807) is 6.07 Å². The minimum Gasteiger partial charge on any atom is -0.478 e. The topological polar surface area (TPSA) is 37.3 Å². The van der Waals surface area contributed by atoms with Crippen LogP contribution in [0.1, 0.15) is 63.0 Å². The van der Waals surface area contributed by atoms with Crippen molar-refractivity contribution in [1.29, 1.82) is 0 Å². The van der Waals surface area contributed by atoms with Crippen molar-refractivity contribution in [2.45, 2.75) is 52.4 Å². The molecule has 0 aliphatic carbocycles. The molecule has 0 aliphatic rings. The summed E-state index contributed by atoms with van der Waals surface area (Å²) in [5, 5.41) is 9.39. The summed E-state index contributed by atoms with van der Waals surface area (Å²) >= 11 is 3.57. The maximum Gasteiger partial charge on any atom is 0.335 e. The van der Waals surface area contributed by atoms with E-state index in [0.717, 1.165) is 15.6 Å². The van der Waals surface area contributed by atoms with E-state index in [2.05, 4.69) is 36.7 Å². The Labute approximate surface area is 118 Å². The van der Waals surface area contributed by atoms with Crippen LogP contribution >= 0.6 is 15.9 Å². The minimum atomic E-state index is -0.863. The molecule has 0 heterocycles. The van der Waals surface area contributed by atoms with Crippen molar-refractivity contribution in [2.24, 2.45) is 0 Å². The molecule has 1 aromatic carbocycles. The van der Waals surface area contributed by atoms with E-state index >= 15 is 0 Å². The molecular weight excluding hydrogens is 292 g/mol. The average Bonchev–Trinajstić information content (AvgIpc) is 2.13. The van der Waals surface area contributed by atoms with E-state index < -0.39 is 5.97 Å². The summed E-state index contributed by atoms with van der Waals surface area (Å²) < 4.78 is 0.977. The Morgan fingerprint density at radius 3 is 1.78 bits per heavy atom. The maximum absolute atomic E-state index is 11.4. The molecule has 0 radical (unpaired) electrons. The molecule has 100 valence electrons. The van der Waals surface area contributed by atoms with Crippen LogP contribution in [0.25, 0.3) is 0 Å². The lowest BCUT2D eigenvalue weighted by molar-refractivity contribution is 0.0694. The zero-order valence-electron chi connectivity index (χ0n) is 11.9. The molecule has 0 spiro atoms. The first kappa shape index (κ1) is 15.2. The lowest BCUT2D eigenvalue weighted by Crippen LogP contribution is -2.20. The Morgan fingerprint density at radius 2 is 1.44 bits per heavy atom. The van der Waals surface area contributed by atoms with Crippen LogP contribution in [0.3, 0.4) is 0 Å². The van der Waals surface area contributed by atoms with E-state index in [-0.39, 0.29) is 10.8 Å². The highest BCUT2D eigenvalue weighted by atomic mass is 79.9. The van der Waals surface area contributed by atoms with Gasteiger partial charge in [-0.1, -0.05) is 57.5 Å². The van der Waals surface area contributed by atoms with Gasteiger partial charge in [-0.15, -0.1) is 0 Å². The lowest BCUT2D eigenvalue weighted by atomic mass is 9.79. The van der Waals surface area contributed by atoms with Gasteiger partial charge in [0.1, 0.15) is 0 Å². The first-order valence-corrected chi connectivity index (χ1v) is 6.81. The van der Waals surface area contributed by atoms with Crippen molar-refractivity contribution in [3.63, 3.8) is 0 Å². The fourth-order valence-electron chi connectivity index (χ4n) is 1.95. The molecular formula is C15H21BrO2. The van der Waals surface area contributed by atoms with E-state index in [1.807, 2.05) is 26.8 Å². The molecule has 0 bridgehead atoms. The predicted molar refractivity (Wildman–Crippen MR) is 78.5 cm³/mol. The second-order valence-electron chi connectivity index (χ2n) is 6.68. The molecule has 1 rings (SSSR count). The summed E-state index contributed by atoms with van der Waals surface area (Å²) in [5.41, 5.74) is 2.00. The van der Waals surface area contributed by atoms with Crippen LogP contribution in [0.15, 0.2) is 16.6 Å². The summed E-state index contributed by atoms with van der Waals surface area (Å²) in [7, 11) is 0. The van der Waals surface area contributed by atoms with Crippen LogP contribution in [0.4, 0.5) is 0 Å². The van der Waals surface area contributed by atoms with Gasteiger partial charge in [0.05, 0.1) is 5.56 Å². The number of rotatable bonds is 1. The van der Waals surface area contributed by atoms with Crippen LogP contribution in [0.2, 0.25) is 0 Å². The van der Waals surface area contributed by atoms with Gasteiger partial charge in [-0.05, 0) is 34.1 Å². The van der Waals surface area contributed by atoms with Crippen molar-refractivity contribution in [2.75, 3.05) is 0 Å². The Hall–Kier alpha value is -0.830. The lowest BCUT2D eigenvalue weighted by Gasteiger charge is -2.27. The third-order valence-corrected chi connectivity index (χ3v) is 3.61. The molecule has 0 amide bonds. The van der Waals surface area contributed by atoms with Gasteiger partial charge in [0, 0.05) is 4.47 Å². The van der Waals surface area contributed by atoms with Crippen LogP contribution in [0.5, 0.6) is 0 Å². The van der Waals surface area contributed by atoms with Crippen molar-refractivity contribution in [3.8, 4) is 0 Å². The Bertz CT molecular complexity index is 476. The first-order chi connectivity index (χ1) is 7.94. The fourth-order valence-corrected chi connectivity index (χ4v) is 2.88. The molecule has 0 unspecified atom stereocenters. The van der Waals surface area contributed by atoms with E-state index in [1.165, 1.54) is 0 Å². The standard InChI is InChI=1S/C15H21BrO2/c1-14(2,3)10-8-12(16)11(15(4,5)6)7-9(10)13(17)18/h7-8H,1-6H3,(H,17,18). The van der Waals surface area contributed by atoms with Crippen LogP contribution in [-0.2, 0) is 10.8 Å². The molecule has 1 aromatic rings. The van der Waals surface area contributed by atoms with Crippen molar-refractivity contribution >= 4 is 21.9 Å². The normalized spacial score (nSPS) is 12.6. The third-order valence-electron chi connectivity index (χ3n) is 2.95. The first-order valence-electron chi connectivity index (χ1n) is 6.02. The molecule has 3 heteroatoms. The van der Waals surface area contributed by atoms with Gasteiger partial charge in [-0.3, -0.25) is 0 Å². The van der Waals surface area contributed by atoms with Gasteiger partial charge >= 0.3 is 5.97 Å². The molecule has 0 saturated heterocycles. The van der Waals surface area contributed by atoms with Gasteiger partial charge in [0.25, 0.3) is 0 Å². The SMILES string of the molecule is CC(C)(C)c1cc(C(=O)O)c(C(C)(C)C)cc1Br. The average molecular weight is 313 g/mol. The zero-order valence-corrected chi connectivity index (χ0v) is 13.5. The summed E-state index contributed by atoms with van der Waals surface area (Å²) in [5.74, 6) is -0.863. The van der Waals surface area contributed by atoms with Crippen molar-refractivity contribution < 1.29 is 9.90 Å². The number of carbonyl (C=O) groups is 1. The molecule has 0 aromatic heterocycles. The molecule has 0 fully saturated rings. The molecule has 18 heavy (non-hydrogen) atoms. The van der Waals surface area contributed by atoms with Crippen molar-refractivity contribution in [3.05, 3.63) is 33.3 Å². The smallest absolute Gasteiger partial charge is 0.335 e. The number of halogens is 1. The number of carboxylic acids is 1. The van der Waals surface area contributed by atoms with Crippen LogP contribution in [-0.4, -0.2) is 11.1 Å². The van der Waals surface area contributed by atoms with Gasteiger partial charge in [-0.2, -0.15) is 0 Å². The van der Waals surface area contributed by atoms with E-state index in [9.17, 15) is 9.90 Å². The third kappa shape index (κ3) is 3.14. The second kappa shape index (κ2) is 4.69. The van der Waals surface area contributed by atoms with E-state index in [4.69, 9.17) is 0 Å². The highest BCUT2D eigenvalue weighted by Gasteiger charge is 2.26. The van der Waals surface area contributed by atoms with Crippen LogP contribution in [0, 0.1) is 0 Å².